The minimum absolute atomic E-state index is 0.264. The highest BCUT2D eigenvalue weighted by atomic mass is 19.1. The van der Waals surface area contributed by atoms with Crippen molar-refractivity contribution in [2.24, 2.45) is 5.92 Å². The van der Waals surface area contributed by atoms with Crippen LogP contribution in [0.1, 0.15) is 18.4 Å². The Morgan fingerprint density at radius 1 is 1.39 bits per heavy atom. The van der Waals surface area contributed by atoms with Crippen molar-refractivity contribution >= 4 is 5.69 Å². The van der Waals surface area contributed by atoms with Gasteiger partial charge in [-0.15, -0.1) is 0 Å². The summed E-state index contributed by atoms with van der Waals surface area (Å²) in [5.41, 5.74) is 1.16. The van der Waals surface area contributed by atoms with Gasteiger partial charge in [0.15, 0.2) is 0 Å². The van der Waals surface area contributed by atoms with Gasteiger partial charge >= 0.3 is 0 Å². The minimum atomic E-state index is -0.339. The van der Waals surface area contributed by atoms with Crippen LogP contribution in [0.15, 0.2) is 18.2 Å². The molecule has 1 aliphatic rings. The van der Waals surface area contributed by atoms with Gasteiger partial charge in [-0.2, -0.15) is 0 Å². The van der Waals surface area contributed by atoms with E-state index in [0.29, 0.717) is 11.5 Å². The molecule has 1 heterocycles. The fourth-order valence-electron chi connectivity index (χ4n) is 2.48. The largest absolute Gasteiger partial charge is 0.391 e. The molecule has 18 heavy (non-hydrogen) atoms. The molecule has 1 aromatic carbocycles. The van der Waals surface area contributed by atoms with Gasteiger partial charge in [0, 0.05) is 38.1 Å². The quantitative estimate of drug-likeness (QED) is 0.892. The lowest BCUT2D eigenvalue weighted by molar-refractivity contribution is 0.0685. The Morgan fingerprint density at radius 2 is 2.11 bits per heavy atom. The molecule has 0 unspecified atom stereocenters. The predicted octanol–water partition coefficient (Wildman–Crippen LogP) is 2.18. The highest BCUT2D eigenvalue weighted by molar-refractivity contribution is 5.53. The Balaban J connectivity index is 2.07. The maximum atomic E-state index is 13.6. The Labute approximate surface area is 107 Å². The second-order valence-electron chi connectivity index (χ2n) is 4.83. The Hall–Kier alpha value is -1.13. The molecule has 1 aliphatic heterocycles. The molecular weight excluding hydrogens is 233 g/mol. The minimum Gasteiger partial charge on any atom is -0.391 e. The van der Waals surface area contributed by atoms with Crippen molar-refractivity contribution in [3.8, 4) is 0 Å². The molecule has 0 aliphatic carbocycles. The maximum Gasteiger partial charge on any atom is 0.130 e. The van der Waals surface area contributed by atoms with E-state index in [1.165, 1.54) is 6.07 Å². The fourth-order valence-corrected chi connectivity index (χ4v) is 2.48. The highest BCUT2D eigenvalue weighted by Gasteiger charge is 2.18. The van der Waals surface area contributed by atoms with Crippen LogP contribution in [-0.2, 0) is 11.3 Å². The summed E-state index contributed by atoms with van der Waals surface area (Å²) in [6.45, 7) is 2.24. The first-order chi connectivity index (χ1) is 8.72. The van der Waals surface area contributed by atoms with E-state index in [0.717, 1.165) is 38.3 Å². The van der Waals surface area contributed by atoms with Gasteiger partial charge in [-0.3, -0.25) is 0 Å². The summed E-state index contributed by atoms with van der Waals surface area (Å²) in [4.78, 5) is 2.03. The number of aliphatic hydroxyl groups excluding tert-OH is 1. The van der Waals surface area contributed by atoms with E-state index in [1.54, 1.807) is 6.07 Å². The molecule has 1 saturated heterocycles. The second-order valence-corrected chi connectivity index (χ2v) is 4.83. The maximum absolute atomic E-state index is 13.6. The molecule has 1 N–H and O–H groups in total. The third-order valence-corrected chi connectivity index (χ3v) is 3.54. The topological polar surface area (TPSA) is 32.7 Å². The zero-order valence-electron chi connectivity index (χ0n) is 10.7. The zero-order valence-corrected chi connectivity index (χ0v) is 10.7. The SMILES string of the molecule is CN(CC1CCOCC1)c1cccc(F)c1CO. The molecule has 0 radical (unpaired) electrons. The third-order valence-electron chi connectivity index (χ3n) is 3.54. The predicted molar refractivity (Wildman–Crippen MR) is 69.1 cm³/mol. The van der Waals surface area contributed by atoms with E-state index < -0.39 is 0 Å². The average Bonchev–Trinajstić information content (AvgIpc) is 2.39. The molecule has 1 fully saturated rings. The van der Waals surface area contributed by atoms with E-state index in [1.807, 2.05) is 18.0 Å². The van der Waals surface area contributed by atoms with Crippen LogP contribution in [0.25, 0.3) is 0 Å². The van der Waals surface area contributed by atoms with Crippen molar-refractivity contribution in [1.29, 1.82) is 0 Å². The van der Waals surface area contributed by atoms with Gasteiger partial charge in [0.25, 0.3) is 0 Å². The highest BCUT2D eigenvalue weighted by Crippen LogP contribution is 2.25. The molecule has 0 spiro atoms. The molecule has 0 aromatic heterocycles. The van der Waals surface area contributed by atoms with Gasteiger partial charge < -0.3 is 14.7 Å². The number of aliphatic hydroxyl groups is 1. The number of anilines is 1. The summed E-state index contributed by atoms with van der Waals surface area (Å²) in [5.74, 6) is 0.243. The van der Waals surface area contributed by atoms with Gasteiger partial charge in [0.1, 0.15) is 5.82 Å². The normalized spacial score (nSPS) is 16.8. The van der Waals surface area contributed by atoms with E-state index in [-0.39, 0.29) is 12.4 Å². The van der Waals surface area contributed by atoms with Crippen LogP contribution >= 0.6 is 0 Å². The first-order valence-corrected chi connectivity index (χ1v) is 6.39. The molecule has 1 aromatic rings. The summed E-state index contributed by atoms with van der Waals surface area (Å²) in [6.07, 6.45) is 2.10. The number of benzene rings is 1. The summed E-state index contributed by atoms with van der Waals surface area (Å²) in [6, 6.07) is 4.93. The molecule has 0 amide bonds. The van der Waals surface area contributed by atoms with E-state index in [9.17, 15) is 9.50 Å². The average molecular weight is 253 g/mol. The first kappa shape index (κ1) is 13.3. The standard InChI is InChI=1S/C14H20FNO2/c1-16(9-11-5-7-18-8-6-11)14-4-2-3-13(15)12(14)10-17/h2-4,11,17H,5-10H2,1H3. The van der Waals surface area contributed by atoms with Crippen molar-refractivity contribution in [2.45, 2.75) is 19.4 Å². The molecule has 0 bridgehead atoms. The molecule has 2 rings (SSSR count). The van der Waals surface area contributed by atoms with Crippen molar-refractivity contribution in [2.75, 3.05) is 31.7 Å². The second kappa shape index (κ2) is 6.16. The zero-order chi connectivity index (χ0) is 13.0. The lowest BCUT2D eigenvalue weighted by Crippen LogP contribution is -2.30. The van der Waals surface area contributed by atoms with E-state index in [2.05, 4.69) is 0 Å². The van der Waals surface area contributed by atoms with Crippen LogP contribution in [0.4, 0.5) is 10.1 Å². The number of rotatable bonds is 4. The number of hydrogen-bond acceptors (Lipinski definition) is 3. The van der Waals surface area contributed by atoms with Crippen molar-refractivity contribution in [3.05, 3.63) is 29.6 Å². The molecule has 3 nitrogen and oxygen atoms in total. The van der Waals surface area contributed by atoms with Crippen LogP contribution in [0.3, 0.4) is 0 Å². The van der Waals surface area contributed by atoms with Crippen LogP contribution in [0, 0.1) is 11.7 Å². The monoisotopic (exact) mass is 253 g/mol. The van der Waals surface area contributed by atoms with Crippen LogP contribution in [0.2, 0.25) is 0 Å². The first-order valence-electron chi connectivity index (χ1n) is 6.39. The molecule has 100 valence electrons. The van der Waals surface area contributed by atoms with Crippen LogP contribution < -0.4 is 4.90 Å². The number of ether oxygens (including phenoxy) is 1. The molecule has 0 atom stereocenters. The Bertz CT molecular complexity index is 391. The number of nitrogens with zero attached hydrogens (tertiary/aromatic N) is 1. The summed E-state index contributed by atoms with van der Waals surface area (Å²) >= 11 is 0. The van der Waals surface area contributed by atoms with E-state index in [4.69, 9.17) is 4.74 Å². The van der Waals surface area contributed by atoms with Crippen molar-refractivity contribution < 1.29 is 14.2 Å². The summed E-state index contributed by atoms with van der Waals surface area (Å²) in [5, 5.41) is 9.27. The number of hydrogen-bond donors (Lipinski definition) is 1. The molecule has 0 saturated carbocycles. The van der Waals surface area contributed by atoms with Crippen LogP contribution in [0.5, 0.6) is 0 Å². The van der Waals surface area contributed by atoms with Gasteiger partial charge in [-0.25, -0.2) is 4.39 Å². The summed E-state index contributed by atoms with van der Waals surface area (Å²) in [7, 11) is 1.95. The number of halogens is 1. The van der Waals surface area contributed by atoms with Gasteiger partial charge in [-0.05, 0) is 30.9 Å². The Kier molecular flexibility index (Phi) is 4.55. The third kappa shape index (κ3) is 3.00. The van der Waals surface area contributed by atoms with Gasteiger partial charge in [0.2, 0.25) is 0 Å². The van der Waals surface area contributed by atoms with Crippen molar-refractivity contribution in [1.82, 2.24) is 0 Å². The lowest BCUT2D eigenvalue weighted by atomic mass is 9.99. The lowest BCUT2D eigenvalue weighted by Gasteiger charge is -2.29. The van der Waals surface area contributed by atoms with Gasteiger partial charge in [-0.1, -0.05) is 6.07 Å². The van der Waals surface area contributed by atoms with Crippen LogP contribution in [-0.4, -0.2) is 31.9 Å². The van der Waals surface area contributed by atoms with E-state index >= 15 is 0 Å². The van der Waals surface area contributed by atoms with Crippen molar-refractivity contribution in [3.63, 3.8) is 0 Å². The summed E-state index contributed by atoms with van der Waals surface area (Å²) < 4.78 is 18.9. The smallest absolute Gasteiger partial charge is 0.130 e. The molecular formula is C14H20FNO2. The molecule has 4 heteroatoms. The Morgan fingerprint density at radius 3 is 2.78 bits per heavy atom. The fraction of sp³-hybridized carbons (Fsp3) is 0.571. The van der Waals surface area contributed by atoms with Gasteiger partial charge in [0.05, 0.1) is 6.61 Å².